The van der Waals surface area contributed by atoms with Gasteiger partial charge in [0.25, 0.3) is 0 Å². The standard InChI is InChI=1S/C13H17FN2/c1-11-5-6-13(14)12(9-11)10-16-8-4-2-3-7-15/h5-6,9,16H,2-4,8,10H2,1H3. The maximum absolute atomic E-state index is 13.3. The van der Waals surface area contributed by atoms with Crippen molar-refractivity contribution in [3.05, 3.63) is 35.1 Å². The molecule has 3 heteroatoms. The van der Waals surface area contributed by atoms with E-state index in [1.807, 2.05) is 13.0 Å². The van der Waals surface area contributed by atoms with Gasteiger partial charge in [-0.05, 0) is 32.4 Å². The second-order valence-corrected chi connectivity index (χ2v) is 3.89. The Bertz CT molecular complexity index is 369. The van der Waals surface area contributed by atoms with Crippen molar-refractivity contribution in [1.82, 2.24) is 5.32 Å². The number of aryl methyl sites for hydroxylation is 1. The minimum absolute atomic E-state index is 0.157. The van der Waals surface area contributed by atoms with E-state index in [0.29, 0.717) is 18.5 Å². The number of nitrogens with zero attached hydrogens (tertiary/aromatic N) is 1. The molecule has 1 rings (SSSR count). The summed E-state index contributed by atoms with van der Waals surface area (Å²) in [7, 11) is 0. The average Bonchev–Trinajstić information content (AvgIpc) is 2.28. The van der Waals surface area contributed by atoms with Gasteiger partial charge in [-0.3, -0.25) is 0 Å². The highest BCUT2D eigenvalue weighted by atomic mass is 19.1. The fraction of sp³-hybridized carbons (Fsp3) is 0.462. The Morgan fingerprint density at radius 3 is 2.94 bits per heavy atom. The predicted octanol–water partition coefficient (Wildman–Crippen LogP) is 2.92. The van der Waals surface area contributed by atoms with Crippen LogP contribution in [-0.4, -0.2) is 6.54 Å². The molecule has 0 atom stereocenters. The zero-order valence-corrected chi connectivity index (χ0v) is 9.59. The molecule has 0 aliphatic carbocycles. The first-order valence-corrected chi connectivity index (χ1v) is 5.56. The first-order valence-electron chi connectivity index (χ1n) is 5.56. The molecule has 0 aromatic heterocycles. The monoisotopic (exact) mass is 220 g/mol. The maximum atomic E-state index is 13.3. The van der Waals surface area contributed by atoms with Gasteiger partial charge in [-0.2, -0.15) is 5.26 Å². The summed E-state index contributed by atoms with van der Waals surface area (Å²) >= 11 is 0. The molecule has 0 aliphatic heterocycles. The van der Waals surface area contributed by atoms with E-state index in [9.17, 15) is 4.39 Å². The number of nitrogens with one attached hydrogen (secondary N) is 1. The minimum atomic E-state index is -0.157. The van der Waals surface area contributed by atoms with Crippen LogP contribution in [0.4, 0.5) is 4.39 Å². The molecule has 0 heterocycles. The highest BCUT2D eigenvalue weighted by Gasteiger charge is 2.00. The van der Waals surface area contributed by atoms with E-state index in [0.717, 1.165) is 24.9 Å². The number of hydrogen-bond acceptors (Lipinski definition) is 2. The maximum Gasteiger partial charge on any atom is 0.127 e. The van der Waals surface area contributed by atoms with Gasteiger partial charge in [0.05, 0.1) is 6.07 Å². The normalized spacial score (nSPS) is 10.1. The van der Waals surface area contributed by atoms with Gasteiger partial charge >= 0.3 is 0 Å². The smallest absolute Gasteiger partial charge is 0.127 e. The fourth-order valence-corrected chi connectivity index (χ4v) is 1.52. The molecule has 0 aliphatic rings. The largest absolute Gasteiger partial charge is 0.313 e. The summed E-state index contributed by atoms with van der Waals surface area (Å²) in [5.74, 6) is -0.157. The quantitative estimate of drug-likeness (QED) is 0.748. The van der Waals surface area contributed by atoms with Crippen molar-refractivity contribution in [1.29, 1.82) is 5.26 Å². The second kappa shape index (κ2) is 6.97. The van der Waals surface area contributed by atoms with Crippen LogP contribution in [0.15, 0.2) is 18.2 Å². The molecule has 16 heavy (non-hydrogen) atoms. The van der Waals surface area contributed by atoms with Crippen LogP contribution in [0.1, 0.15) is 30.4 Å². The summed E-state index contributed by atoms with van der Waals surface area (Å²) in [6.45, 7) is 3.34. The lowest BCUT2D eigenvalue weighted by molar-refractivity contribution is 0.576. The highest BCUT2D eigenvalue weighted by molar-refractivity contribution is 5.23. The molecule has 1 N–H and O–H groups in total. The van der Waals surface area contributed by atoms with Crippen LogP contribution in [-0.2, 0) is 6.54 Å². The summed E-state index contributed by atoms with van der Waals surface area (Å²) in [6, 6.07) is 7.24. The Labute approximate surface area is 96.1 Å². The van der Waals surface area contributed by atoms with Gasteiger partial charge in [0.2, 0.25) is 0 Å². The number of benzene rings is 1. The number of rotatable bonds is 6. The van der Waals surface area contributed by atoms with Crippen LogP contribution in [0.5, 0.6) is 0 Å². The molecule has 0 radical (unpaired) electrons. The predicted molar refractivity (Wildman–Crippen MR) is 62.3 cm³/mol. The van der Waals surface area contributed by atoms with E-state index in [1.165, 1.54) is 6.07 Å². The number of nitriles is 1. The number of halogens is 1. The molecule has 0 spiro atoms. The zero-order chi connectivity index (χ0) is 11.8. The van der Waals surface area contributed by atoms with Crippen molar-refractivity contribution >= 4 is 0 Å². The molecule has 2 nitrogen and oxygen atoms in total. The van der Waals surface area contributed by atoms with E-state index in [2.05, 4.69) is 11.4 Å². The molecule has 86 valence electrons. The molecule has 0 fully saturated rings. The first kappa shape index (κ1) is 12.7. The molecule has 0 amide bonds. The van der Waals surface area contributed by atoms with Gasteiger partial charge in [0.15, 0.2) is 0 Å². The van der Waals surface area contributed by atoms with Crippen molar-refractivity contribution in [2.24, 2.45) is 0 Å². The molecule has 1 aromatic rings. The van der Waals surface area contributed by atoms with Crippen LogP contribution in [0.2, 0.25) is 0 Å². The fourth-order valence-electron chi connectivity index (χ4n) is 1.52. The first-order chi connectivity index (χ1) is 7.74. The molecule has 0 saturated heterocycles. The van der Waals surface area contributed by atoms with Crippen LogP contribution in [0.25, 0.3) is 0 Å². The van der Waals surface area contributed by atoms with Gasteiger partial charge in [-0.15, -0.1) is 0 Å². The van der Waals surface area contributed by atoms with E-state index in [4.69, 9.17) is 5.26 Å². The second-order valence-electron chi connectivity index (χ2n) is 3.89. The molecule has 0 unspecified atom stereocenters. The van der Waals surface area contributed by atoms with Gasteiger partial charge in [0.1, 0.15) is 5.82 Å². The van der Waals surface area contributed by atoms with E-state index < -0.39 is 0 Å². The third kappa shape index (κ3) is 4.41. The van der Waals surface area contributed by atoms with E-state index in [-0.39, 0.29) is 5.82 Å². The van der Waals surface area contributed by atoms with Crippen LogP contribution in [0, 0.1) is 24.1 Å². The van der Waals surface area contributed by atoms with Crippen molar-refractivity contribution in [2.45, 2.75) is 32.7 Å². The van der Waals surface area contributed by atoms with Gasteiger partial charge < -0.3 is 5.32 Å². The Morgan fingerprint density at radius 2 is 2.19 bits per heavy atom. The lowest BCUT2D eigenvalue weighted by Gasteiger charge is -2.06. The van der Waals surface area contributed by atoms with E-state index in [1.54, 1.807) is 6.07 Å². The molecular formula is C13H17FN2. The molecule has 0 bridgehead atoms. The van der Waals surface area contributed by atoms with Crippen molar-refractivity contribution < 1.29 is 4.39 Å². The molecular weight excluding hydrogens is 203 g/mol. The third-order valence-electron chi connectivity index (χ3n) is 2.41. The average molecular weight is 220 g/mol. The van der Waals surface area contributed by atoms with Crippen LogP contribution < -0.4 is 5.32 Å². The van der Waals surface area contributed by atoms with Gasteiger partial charge in [-0.1, -0.05) is 17.7 Å². The minimum Gasteiger partial charge on any atom is -0.313 e. The van der Waals surface area contributed by atoms with Gasteiger partial charge in [-0.25, -0.2) is 4.39 Å². The molecule has 0 saturated carbocycles. The van der Waals surface area contributed by atoms with Crippen molar-refractivity contribution in [2.75, 3.05) is 6.54 Å². The number of unbranched alkanes of at least 4 members (excludes halogenated alkanes) is 2. The van der Waals surface area contributed by atoms with Crippen LogP contribution in [0.3, 0.4) is 0 Å². The molecule has 1 aromatic carbocycles. The summed E-state index contributed by atoms with van der Waals surface area (Å²) in [5.41, 5.74) is 1.78. The van der Waals surface area contributed by atoms with Crippen molar-refractivity contribution in [3.8, 4) is 6.07 Å². The topological polar surface area (TPSA) is 35.8 Å². The SMILES string of the molecule is Cc1ccc(F)c(CNCCCCC#N)c1. The lowest BCUT2D eigenvalue weighted by atomic mass is 10.1. The Hall–Kier alpha value is -1.40. The number of hydrogen-bond donors (Lipinski definition) is 1. The van der Waals surface area contributed by atoms with Crippen molar-refractivity contribution in [3.63, 3.8) is 0 Å². The Morgan fingerprint density at radius 1 is 1.38 bits per heavy atom. The summed E-state index contributed by atoms with van der Waals surface area (Å²) in [4.78, 5) is 0. The summed E-state index contributed by atoms with van der Waals surface area (Å²) < 4.78 is 13.3. The summed E-state index contributed by atoms with van der Waals surface area (Å²) in [5, 5.41) is 11.5. The Balaban J connectivity index is 2.27. The summed E-state index contributed by atoms with van der Waals surface area (Å²) in [6.07, 6.45) is 2.46. The Kier molecular flexibility index (Phi) is 5.52. The lowest BCUT2D eigenvalue weighted by Crippen LogP contribution is -2.15. The van der Waals surface area contributed by atoms with Gasteiger partial charge in [0, 0.05) is 18.5 Å². The highest BCUT2D eigenvalue weighted by Crippen LogP contribution is 2.09. The van der Waals surface area contributed by atoms with E-state index >= 15 is 0 Å². The third-order valence-corrected chi connectivity index (χ3v) is 2.41. The van der Waals surface area contributed by atoms with Crippen LogP contribution >= 0.6 is 0 Å². The zero-order valence-electron chi connectivity index (χ0n) is 9.59.